The Morgan fingerprint density at radius 1 is 0.692 bits per heavy atom. The van der Waals surface area contributed by atoms with E-state index in [2.05, 4.69) is 19.9 Å². The molecule has 2 nitrogen and oxygen atoms in total. The second-order valence-corrected chi connectivity index (χ2v) is 7.91. The number of carboxylic acid groups (broad SMARTS) is 1. The van der Waals surface area contributed by atoms with Gasteiger partial charge in [-0.2, -0.15) is 0 Å². The molecule has 0 rings (SSSR count). The van der Waals surface area contributed by atoms with Crippen molar-refractivity contribution in [2.24, 2.45) is 0 Å². The minimum atomic E-state index is -0.838. The summed E-state index contributed by atoms with van der Waals surface area (Å²) < 4.78 is 0. The molecule has 0 bridgehead atoms. The van der Waals surface area contributed by atoms with Crippen LogP contribution in [0.3, 0.4) is 0 Å². The van der Waals surface area contributed by atoms with E-state index in [0.717, 1.165) is 18.4 Å². The van der Waals surface area contributed by atoms with Gasteiger partial charge in [0.1, 0.15) is 0 Å². The van der Waals surface area contributed by atoms with E-state index in [1.54, 1.807) is 0 Å². The molecule has 1 N–H and O–H groups in total. The summed E-state index contributed by atoms with van der Waals surface area (Å²) >= 11 is 0. The van der Waals surface area contributed by atoms with Crippen molar-refractivity contribution >= 4 is 5.97 Å². The Morgan fingerprint density at radius 3 is 1.62 bits per heavy atom. The van der Waals surface area contributed by atoms with Crippen LogP contribution in [0.25, 0.3) is 0 Å². The van der Waals surface area contributed by atoms with Crippen LogP contribution >= 0.6 is 0 Å². The van der Waals surface area contributed by atoms with Gasteiger partial charge in [-0.15, -0.1) is 0 Å². The number of hydrogen-bond donors (Lipinski definition) is 1. The zero-order valence-corrected chi connectivity index (χ0v) is 17.8. The van der Waals surface area contributed by atoms with Crippen LogP contribution in [-0.2, 0) is 4.79 Å². The van der Waals surface area contributed by atoms with Crippen LogP contribution in [0.4, 0.5) is 0 Å². The monoisotopic (exact) mass is 364 g/mol. The van der Waals surface area contributed by atoms with Gasteiger partial charge in [-0.05, 0) is 39.5 Å². The second kappa shape index (κ2) is 18.7. The maximum atomic E-state index is 10.6. The standard InChI is InChI=1S/C24H44O2/c1-4-5-6-7-8-9-10-11-12-13-14-15-16-18-22(2)19-17-20-23(3)21-24(25)26/h19,21H,4-18,20H2,1-3H3,(H,25,26)/b22-19+,23-21+. The van der Waals surface area contributed by atoms with Crippen molar-refractivity contribution in [1.29, 1.82) is 0 Å². The van der Waals surface area contributed by atoms with Crippen molar-refractivity contribution in [3.05, 3.63) is 23.3 Å². The van der Waals surface area contributed by atoms with Gasteiger partial charge in [-0.25, -0.2) is 4.79 Å². The molecule has 0 amide bonds. The van der Waals surface area contributed by atoms with E-state index < -0.39 is 5.97 Å². The summed E-state index contributed by atoms with van der Waals surface area (Å²) in [5.41, 5.74) is 2.40. The lowest BCUT2D eigenvalue weighted by Gasteiger charge is -2.04. The fourth-order valence-corrected chi connectivity index (χ4v) is 3.35. The van der Waals surface area contributed by atoms with E-state index in [9.17, 15) is 4.79 Å². The van der Waals surface area contributed by atoms with Crippen molar-refractivity contribution in [3.63, 3.8) is 0 Å². The summed E-state index contributed by atoms with van der Waals surface area (Å²) in [5.74, 6) is -0.838. The van der Waals surface area contributed by atoms with Crippen LogP contribution in [0.5, 0.6) is 0 Å². The first-order valence-corrected chi connectivity index (χ1v) is 11.1. The van der Waals surface area contributed by atoms with Gasteiger partial charge in [-0.1, -0.05) is 101 Å². The first-order valence-electron chi connectivity index (χ1n) is 11.1. The largest absolute Gasteiger partial charge is 0.478 e. The van der Waals surface area contributed by atoms with Crippen LogP contribution in [0.2, 0.25) is 0 Å². The smallest absolute Gasteiger partial charge is 0.328 e. The van der Waals surface area contributed by atoms with E-state index >= 15 is 0 Å². The third-order valence-corrected chi connectivity index (χ3v) is 5.08. The van der Waals surface area contributed by atoms with Crippen LogP contribution in [0.1, 0.15) is 124 Å². The molecule has 0 aromatic heterocycles. The Hall–Kier alpha value is -1.05. The van der Waals surface area contributed by atoms with E-state index in [-0.39, 0.29) is 0 Å². The van der Waals surface area contributed by atoms with Crippen molar-refractivity contribution in [2.75, 3.05) is 0 Å². The SMILES string of the molecule is CCCCCCCCCCCCCCC/C(C)=C/CC/C(C)=C/C(=O)O. The number of carboxylic acids is 1. The topological polar surface area (TPSA) is 37.3 Å². The predicted octanol–water partition coefficient (Wildman–Crippen LogP) is 8.23. The molecule has 0 aromatic rings. The van der Waals surface area contributed by atoms with Gasteiger partial charge >= 0.3 is 5.97 Å². The van der Waals surface area contributed by atoms with Gasteiger partial charge in [0.25, 0.3) is 0 Å². The fraction of sp³-hybridized carbons (Fsp3) is 0.792. The maximum Gasteiger partial charge on any atom is 0.328 e. The van der Waals surface area contributed by atoms with E-state index in [1.165, 1.54) is 102 Å². The molecule has 0 unspecified atom stereocenters. The molecule has 0 fully saturated rings. The quantitative estimate of drug-likeness (QED) is 0.151. The van der Waals surface area contributed by atoms with Gasteiger partial charge in [-0.3, -0.25) is 0 Å². The highest BCUT2D eigenvalue weighted by Gasteiger charge is 1.96. The van der Waals surface area contributed by atoms with Crippen molar-refractivity contribution in [1.82, 2.24) is 0 Å². The lowest BCUT2D eigenvalue weighted by molar-refractivity contribution is -0.131. The van der Waals surface area contributed by atoms with Crippen molar-refractivity contribution in [3.8, 4) is 0 Å². The van der Waals surface area contributed by atoms with Crippen LogP contribution in [0.15, 0.2) is 23.3 Å². The molecule has 26 heavy (non-hydrogen) atoms. The molecule has 152 valence electrons. The molecule has 0 heterocycles. The van der Waals surface area contributed by atoms with Crippen LogP contribution in [0, 0.1) is 0 Å². The Bertz CT molecular complexity index is 393. The second-order valence-electron chi connectivity index (χ2n) is 7.91. The van der Waals surface area contributed by atoms with Crippen LogP contribution < -0.4 is 0 Å². The number of allylic oxidation sites excluding steroid dienone is 3. The molecule has 2 heteroatoms. The number of carbonyl (C=O) groups is 1. The first kappa shape index (κ1) is 24.9. The molecular weight excluding hydrogens is 320 g/mol. The van der Waals surface area contributed by atoms with Crippen molar-refractivity contribution < 1.29 is 9.90 Å². The lowest BCUT2D eigenvalue weighted by atomic mass is 10.0. The molecule has 0 atom stereocenters. The average Bonchev–Trinajstić information content (AvgIpc) is 2.58. The van der Waals surface area contributed by atoms with E-state index in [0.29, 0.717) is 0 Å². The number of aliphatic carboxylic acids is 1. The van der Waals surface area contributed by atoms with E-state index in [4.69, 9.17) is 5.11 Å². The summed E-state index contributed by atoms with van der Waals surface area (Å²) in [6.45, 7) is 6.38. The summed E-state index contributed by atoms with van der Waals surface area (Å²) in [5, 5.41) is 8.69. The Labute approximate surface area is 163 Å². The Kier molecular flexibility index (Phi) is 18.0. The molecule has 0 radical (unpaired) electrons. The molecule has 0 aromatic carbocycles. The Morgan fingerprint density at radius 2 is 1.15 bits per heavy atom. The molecule has 0 aliphatic heterocycles. The average molecular weight is 365 g/mol. The summed E-state index contributed by atoms with van der Waals surface area (Å²) in [4.78, 5) is 10.6. The van der Waals surface area contributed by atoms with Crippen LogP contribution in [-0.4, -0.2) is 11.1 Å². The molecular formula is C24H44O2. The highest BCUT2D eigenvalue weighted by molar-refractivity contribution is 5.80. The van der Waals surface area contributed by atoms with E-state index in [1.807, 2.05) is 6.92 Å². The third-order valence-electron chi connectivity index (χ3n) is 5.08. The zero-order chi connectivity index (χ0) is 19.5. The minimum Gasteiger partial charge on any atom is -0.478 e. The highest BCUT2D eigenvalue weighted by Crippen LogP contribution is 2.15. The van der Waals surface area contributed by atoms with Gasteiger partial charge < -0.3 is 5.11 Å². The van der Waals surface area contributed by atoms with Crippen molar-refractivity contribution in [2.45, 2.75) is 124 Å². The lowest BCUT2D eigenvalue weighted by Crippen LogP contribution is -1.90. The van der Waals surface area contributed by atoms with Gasteiger partial charge in [0, 0.05) is 6.08 Å². The predicted molar refractivity (Wildman–Crippen MR) is 115 cm³/mol. The first-order chi connectivity index (χ1) is 12.6. The third kappa shape index (κ3) is 19.3. The zero-order valence-electron chi connectivity index (χ0n) is 17.8. The molecule has 0 saturated heterocycles. The number of rotatable bonds is 18. The fourth-order valence-electron chi connectivity index (χ4n) is 3.35. The molecule has 0 saturated carbocycles. The minimum absolute atomic E-state index is 0.838. The Balaban J connectivity index is 3.38. The molecule has 0 aliphatic carbocycles. The summed E-state index contributed by atoms with van der Waals surface area (Å²) in [7, 11) is 0. The van der Waals surface area contributed by atoms with Gasteiger partial charge in [0.2, 0.25) is 0 Å². The highest BCUT2D eigenvalue weighted by atomic mass is 16.4. The normalized spacial score (nSPS) is 12.6. The summed E-state index contributed by atoms with van der Waals surface area (Å²) in [6.07, 6.45) is 24.8. The number of hydrogen-bond acceptors (Lipinski definition) is 1. The summed E-state index contributed by atoms with van der Waals surface area (Å²) in [6, 6.07) is 0. The number of unbranched alkanes of at least 4 members (excludes halogenated alkanes) is 12. The molecule has 0 spiro atoms. The maximum absolute atomic E-state index is 10.6. The van der Waals surface area contributed by atoms with Gasteiger partial charge in [0.15, 0.2) is 0 Å². The van der Waals surface area contributed by atoms with Gasteiger partial charge in [0.05, 0.1) is 0 Å². The molecule has 0 aliphatic rings.